The van der Waals surface area contributed by atoms with Crippen LogP contribution in [0.2, 0.25) is 0 Å². The van der Waals surface area contributed by atoms with Crippen molar-refractivity contribution in [3.05, 3.63) is 0 Å². The highest BCUT2D eigenvalue weighted by atomic mass is 32.1. The van der Waals surface area contributed by atoms with Gasteiger partial charge in [0, 0.05) is 12.6 Å². The molecule has 0 amide bonds. The second-order valence-electron chi connectivity index (χ2n) is 5.16. The highest BCUT2D eigenvalue weighted by molar-refractivity contribution is 7.59. The van der Waals surface area contributed by atoms with Crippen LogP contribution in [0.4, 0.5) is 0 Å². The van der Waals surface area contributed by atoms with Gasteiger partial charge in [0.05, 0.1) is 6.73 Å². The molecular formula is C15H38N2OS. The maximum atomic E-state index is 5.98. The van der Waals surface area contributed by atoms with E-state index < -0.39 is 0 Å². The lowest BCUT2D eigenvalue weighted by atomic mass is 9.99. The fraction of sp³-hybridized carbons (Fsp3) is 1.00. The predicted octanol–water partition coefficient (Wildman–Crippen LogP) is 3.64. The van der Waals surface area contributed by atoms with E-state index in [1.54, 1.807) is 0 Å². The van der Waals surface area contributed by atoms with Crippen LogP contribution in [-0.4, -0.2) is 25.9 Å². The van der Waals surface area contributed by atoms with E-state index in [2.05, 4.69) is 26.1 Å². The number of unbranched alkanes of at least 4 members (excludes halogenated alkanes) is 3. The topological polar surface area (TPSA) is 47.3 Å². The number of rotatable bonds is 12. The van der Waals surface area contributed by atoms with Gasteiger partial charge in [0.2, 0.25) is 0 Å². The molecule has 1 unspecified atom stereocenters. The van der Waals surface area contributed by atoms with Crippen molar-refractivity contribution in [3.63, 3.8) is 0 Å². The van der Waals surface area contributed by atoms with Crippen molar-refractivity contribution in [1.82, 2.24) is 5.32 Å². The average Bonchev–Trinajstić information content (AvgIpc) is 2.31. The van der Waals surface area contributed by atoms with Crippen molar-refractivity contribution >= 4 is 13.5 Å². The summed E-state index contributed by atoms with van der Waals surface area (Å²) in [4.78, 5) is 0. The van der Waals surface area contributed by atoms with Gasteiger partial charge < -0.3 is 10.5 Å². The van der Waals surface area contributed by atoms with Crippen molar-refractivity contribution in [1.29, 1.82) is 0 Å². The van der Waals surface area contributed by atoms with E-state index in [0.29, 0.717) is 18.7 Å². The second-order valence-corrected chi connectivity index (χ2v) is 5.16. The third kappa shape index (κ3) is 18.2. The van der Waals surface area contributed by atoms with Crippen LogP contribution in [-0.2, 0) is 4.74 Å². The zero-order chi connectivity index (χ0) is 12.9. The van der Waals surface area contributed by atoms with Crippen molar-refractivity contribution in [2.75, 3.05) is 19.9 Å². The number of hydrogen-bond donors (Lipinski definition) is 2. The van der Waals surface area contributed by atoms with Crippen LogP contribution in [0.25, 0.3) is 0 Å². The summed E-state index contributed by atoms with van der Waals surface area (Å²) in [5.41, 5.74) is 5.98. The fourth-order valence-electron chi connectivity index (χ4n) is 1.63. The highest BCUT2D eigenvalue weighted by Gasteiger charge is 2.05. The van der Waals surface area contributed by atoms with Gasteiger partial charge >= 0.3 is 0 Å². The minimum atomic E-state index is 0. The Morgan fingerprint density at radius 3 is 2.37 bits per heavy atom. The molecule has 3 N–H and O–H groups in total. The van der Waals surface area contributed by atoms with Gasteiger partial charge in [-0.25, -0.2) is 0 Å². The number of nitrogens with two attached hydrogens (primary N) is 1. The lowest BCUT2D eigenvalue weighted by Gasteiger charge is -2.15. The zero-order valence-corrected chi connectivity index (χ0v) is 13.5. The molecule has 0 aromatic rings. The molecule has 4 heteroatoms. The van der Waals surface area contributed by atoms with E-state index in [4.69, 9.17) is 10.5 Å². The van der Waals surface area contributed by atoms with Gasteiger partial charge in [0.25, 0.3) is 0 Å². The molecule has 0 aliphatic carbocycles. The summed E-state index contributed by atoms with van der Waals surface area (Å²) in [5.74, 6) is 0.602. The largest absolute Gasteiger partial charge is 0.366 e. The van der Waals surface area contributed by atoms with Crippen LogP contribution in [0.5, 0.6) is 0 Å². The van der Waals surface area contributed by atoms with E-state index >= 15 is 0 Å². The number of hydrogen-bond acceptors (Lipinski definition) is 3. The summed E-state index contributed by atoms with van der Waals surface area (Å²) in [7, 11) is 0. The summed E-state index contributed by atoms with van der Waals surface area (Å²) in [5, 5.41) is 3.30. The zero-order valence-electron chi connectivity index (χ0n) is 12.5. The molecule has 0 saturated heterocycles. The molecule has 0 bridgehead atoms. The van der Waals surface area contributed by atoms with Gasteiger partial charge in [-0.1, -0.05) is 47.5 Å². The van der Waals surface area contributed by atoms with Crippen LogP contribution in [0.1, 0.15) is 66.7 Å². The molecule has 0 fully saturated rings. The lowest BCUT2D eigenvalue weighted by Crippen LogP contribution is -2.26. The van der Waals surface area contributed by atoms with E-state index in [1.165, 1.54) is 32.1 Å². The number of ether oxygens (including phenoxy) is 1. The maximum Gasteiger partial charge on any atom is 0.0965 e. The van der Waals surface area contributed by atoms with Gasteiger partial charge in [-0.2, -0.15) is 13.5 Å². The Balaban J connectivity index is -0.00000128. The molecule has 3 nitrogen and oxygen atoms in total. The van der Waals surface area contributed by atoms with Crippen LogP contribution >= 0.6 is 13.5 Å². The van der Waals surface area contributed by atoms with Gasteiger partial charge in [-0.15, -0.1) is 0 Å². The molecule has 0 radical (unpaired) electrons. The van der Waals surface area contributed by atoms with Crippen LogP contribution < -0.4 is 11.1 Å². The molecule has 0 heterocycles. The molecule has 0 aliphatic heterocycles. The normalized spacial score (nSPS) is 11.8. The van der Waals surface area contributed by atoms with Crippen LogP contribution in [0.3, 0.4) is 0 Å². The van der Waals surface area contributed by atoms with E-state index in [-0.39, 0.29) is 20.9 Å². The average molecular weight is 295 g/mol. The molecule has 0 aromatic heterocycles. The lowest BCUT2D eigenvalue weighted by molar-refractivity contribution is 0.113. The molecule has 0 spiro atoms. The Kier molecular flexibility index (Phi) is 23.3. The standard InChI is InChI=1S/C14H32N2O.CH4.H2S/c1-4-5-8-11-17-12-16-10-7-6-9-14(15)13(2)3;;/h13-14,16H,4-12,15H2,1-3H3;1H4;1H2. The molecule has 0 rings (SSSR count). The molecule has 0 aliphatic rings. The monoisotopic (exact) mass is 294 g/mol. The molecular weight excluding hydrogens is 256 g/mol. The van der Waals surface area contributed by atoms with E-state index in [9.17, 15) is 0 Å². The molecule has 0 aromatic carbocycles. The van der Waals surface area contributed by atoms with Gasteiger partial charge in [-0.05, 0) is 31.7 Å². The first kappa shape index (κ1) is 24.3. The van der Waals surface area contributed by atoms with E-state index in [1.807, 2.05) is 0 Å². The maximum absolute atomic E-state index is 5.98. The third-order valence-corrected chi connectivity index (χ3v) is 3.09. The van der Waals surface area contributed by atoms with Gasteiger partial charge in [-0.3, -0.25) is 5.32 Å². The van der Waals surface area contributed by atoms with Crippen molar-refractivity contribution in [2.45, 2.75) is 72.8 Å². The quantitative estimate of drug-likeness (QED) is 0.427. The molecule has 1 atom stereocenters. The minimum Gasteiger partial charge on any atom is -0.366 e. The minimum absolute atomic E-state index is 0. The third-order valence-electron chi connectivity index (χ3n) is 3.09. The summed E-state index contributed by atoms with van der Waals surface area (Å²) in [6.45, 7) is 9.21. The second kappa shape index (κ2) is 18.2. The van der Waals surface area contributed by atoms with Gasteiger partial charge in [0.15, 0.2) is 0 Å². The molecule has 120 valence electrons. The van der Waals surface area contributed by atoms with Gasteiger partial charge in [0.1, 0.15) is 0 Å². The van der Waals surface area contributed by atoms with E-state index in [0.717, 1.165) is 19.6 Å². The summed E-state index contributed by atoms with van der Waals surface area (Å²) in [6.07, 6.45) is 7.25. The first-order valence-electron chi connectivity index (χ1n) is 7.22. The fourth-order valence-corrected chi connectivity index (χ4v) is 1.63. The Morgan fingerprint density at radius 2 is 1.79 bits per heavy atom. The Bertz CT molecular complexity index is 157. The predicted molar refractivity (Wildman–Crippen MR) is 92.1 cm³/mol. The smallest absolute Gasteiger partial charge is 0.0965 e. The molecule has 19 heavy (non-hydrogen) atoms. The highest BCUT2D eigenvalue weighted by Crippen LogP contribution is 2.06. The van der Waals surface area contributed by atoms with Crippen molar-refractivity contribution in [2.24, 2.45) is 11.7 Å². The SMILES string of the molecule is C.CCCCCOCNCCCCC(N)C(C)C.S. The van der Waals surface area contributed by atoms with Crippen LogP contribution in [0, 0.1) is 5.92 Å². The summed E-state index contributed by atoms with van der Waals surface area (Å²) >= 11 is 0. The van der Waals surface area contributed by atoms with Crippen LogP contribution in [0.15, 0.2) is 0 Å². The number of nitrogens with one attached hydrogen (secondary N) is 1. The Hall–Kier alpha value is 0.230. The molecule has 0 saturated carbocycles. The first-order valence-corrected chi connectivity index (χ1v) is 7.22. The van der Waals surface area contributed by atoms with Crippen molar-refractivity contribution < 1.29 is 4.74 Å². The summed E-state index contributed by atoms with van der Waals surface area (Å²) in [6, 6.07) is 0.361. The first-order chi connectivity index (χ1) is 8.18. The van der Waals surface area contributed by atoms with Crippen molar-refractivity contribution in [3.8, 4) is 0 Å². The summed E-state index contributed by atoms with van der Waals surface area (Å²) < 4.78 is 5.47. The Labute approximate surface area is 128 Å². The Morgan fingerprint density at radius 1 is 1.11 bits per heavy atom.